The number of nitrogens with zero attached hydrogens (tertiary/aromatic N) is 2. The molecule has 0 aliphatic heterocycles. The van der Waals surface area contributed by atoms with Gasteiger partial charge in [0.05, 0.1) is 16.3 Å². The van der Waals surface area contributed by atoms with E-state index in [0.717, 1.165) is 30.6 Å². The third-order valence-electron chi connectivity index (χ3n) is 3.80. The highest BCUT2D eigenvalue weighted by Crippen LogP contribution is 2.37. The summed E-state index contributed by atoms with van der Waals surface area (Å²) in [5.41, 5.74) is 1.67. The molecule has 2 aliphatic rings. The topological polar surface area (TPSA) is 27.0 Å². The number of benzene rings is 1. The van der Waals surface area contributed by atoms with Crippen LogP contribution in [0.4, 0.5) is 5.69 Å². The van der Waals surface area contributed by atoms with E-state index in [1.165, 1.54) is 25.7 Å². The molecular formula is C15H17ClN2. The van der Waals surface area contributed by atoms with Crippen molar-refractivity contribution in [2.45, 2.75) is 25.7 Å². The fraction of sp³-hybridized carbons (Fsp3) is 0.533. The van der Waals surface area contributed by atoms with E-state index in [4.69, 9.17) is 11.6 Å². The molecule has 94 valence electrons. The lowest BCUT2D eigenvalue weighted by Gasteiger charge is -2.26. The van der Waals surface area contributed by atoms with Crippen molar-refractivity contribution in [3.05, 3.63) is 28.8 Å². The molecule has 0 bridgehead atoms. The Morgan fingerprint density at radius 1 is 1.17 bits per heavy atom. The fourth-order valence-corrected chi connectivity index (χ4v) is 2.59. The van der Waals surface area contributed by atoms with Gasteiger partial charge in [-0.15, -0.1) is 0 Å². The van der Waals surface area contributed by atoms with Crippen molar-refractivity contribution in [1.29, 1.82) is 5.26 Å². The van der Waals surface area contributed by atoms with E-state index in [-0.39, 0.29) is 0 Å². The van der Waals surface area contributed by atoms with Gasteiger partial charge in [-0.1, -0.05) is 17.7 Å². The molecule has 1 aromatic carbocycles. The van der Waals surface area contributed by atoms with Crippen LogP contribution in [0.3, 0.4) is 0 Å². The first-order valence-electron chi connectivity index (χ1n) is 6.71. The highest BCUT2D eigenvalue weighted by Gasteiger charge is 2.30. The van der Waals surface area contributed by atoms with Crippen molar-refractivity contribution in [2.75, 3.05) is 18.0 Å². The highest BCUT2D eigenvalue weighted by molar-refractivity contribution is 6.32. The molecule has 2 nitrogen and oxygen atoms in total. The van der Waals surface area contributed by atoms with Crippen molar-refractivity contribution in [3.8, 4) is 6.07 Å². The van der Waals surface area contributed by atoms with E-state index in [0.29, 0.717) is 10.6 Å². The maximum absolute atomic E-state index is 9.29. The zero-order valence-corrected chi connectivity index (χ0v) is 11.2. The SMILES string of the molecule is N#Cc1c(Cl)cccc1N(CC1CC1)CC1CC1. The van der Waals surface area contributed by atoms with Gasteiger partial charge in [-0.25, -0.2) is 0 Å². The quantitative estimate of drug-likeness (QED) is 0.804. The molecule has 2 saturated carbocycles. The summed E-state index contributed by atoms with van der Waals surface area (Å²) in [6.07, 6.45) is 5.35. The summed E-state index contributed by atoms with van der Waals surface area (Å²) >= 11 is 6.13. The number of hydrogen-bond acceptors (Lipinski definition) is 2. The van der Waals surface area contributed by atoms with Crippen molar-refractivity contribution >= 4 is 17.3 Å². The summed E-state index contributed by atoms with van der Waals surface area (Å²) in [6, 6.07) is 8.05. The Kier molecular flexibility index (Phi) is 3.18. The first-order chi connectivity index (χ1) is 8.78. The van der Waals surface area contributed by atoms with Crippen LogP contribution in [0.1, 0.15) is 31.2 Å². The number of rotatable bonds is 5. The average Bonchev–Trinajstić information content (AvgIpc) is 3.22. The predicted molar refractivity (Wildman–Crippen MR) is 73.8 cm³/mol. The molecule has 18 heavy (non-hydrogen) atoms. The second-order valence-corrected chi connectivity index (χ2v) is 5.94. The Morgan fingerprint density at radius 3 is 2.28 bits per heavy atom. The Bertz CT molecular complexity index is 470. The summed E-state index contributed by atoms with van der Waals surface area (Å²) in [4.78, 5) is 2.39. The second kappa shape index (κ2) is 4.82. The minimum Gasteiger partial charge on any atom is -0.370 e. The number of anilines is 1. The zero-order chi connectivity index (χ0) is 12.5. The summed E-state index contributed by atoms with van der Waals surface area (Å²) < 4.78 is 0. The van der Waals surface area contributed by atoms with Gasteiger partial charge in [0.1, 0.15) is 6.07 Å². The van der Waals surface area contributed by atoms with Crippen LogP contribution in [0.2, 0.25) is 5.02 Å². The second-order valence-electron chi connectivity index (χ2n) is 5.54. The van der Waals surface area contributed by atoms with Crippen molar-refractivity contribution in [3.63, 3.8) is 0 Å². The normalized spacial score (nSPS) is 18.4. The van der Waals surface area contributed by atoms with Crippen molar-refractivity contribution in [1.82, 2.24) is 0 Å². The lowest BCUT2D eigenvalue weighted by Crippen LogP contribution is -2.28. The van der Waals surface area contributed by atoms with Gasteiger partial charge < -0.3 is 4.90 Å². The van der Waals surface area contributed by atoms with Crippen molar-refractivity contribution in [2.24, 2.45) is 11.8 Å². The first-order valence-corrected chi connectivity index (χ1v) is 7.09. The molecular weight excluding hydrogens is 244 g/mol. The first kappa shape index (κ1) is 11.9. The van der Waals surface area contributed by atoms with Crippen LogP contribution in [-0.2, 0) is 0 Å². The van der Waals surface area contributed by atoms with E-state index in [1.807, 2.05) is 12.1 Å². The Morgan fingerprint density at radius 2 is 1.78 bits per heavy atom. The van der Waals surface area contributed by atoms with Gasteiger partial charge in [-0.3, -0.25) is 0 Å². The number of hydrogen-bond donors (Lipinski definition) is 0. The van der Waals surface area contributed by atoms with Gasteiger partial charge in [-0.05, 0) is 49.7 Å². The van der Waals surface area contributed by atoms with Crippen molar-refractivity contribution < 1.29 is 0 Å². The van der Waals surface area contributed by atoms with E-state index in [2.05, 4.69) is 11.0 Å². The number of nitriles is 1. The molecule has 1 aromatic rings. The molecule has 0 atom stereocenters. The molecule has 2 fully saturated rings. The summed E-state index contributed by atoms with van der Waals surface area (Å²) in [5.74, 6) is 1.66. The van der Waals surface area contributed by atoms with Crippen LogP contribution < -0.4 is 4.90 Å². The van der Waals surface area contributed by atoms with Gasteiger partial charge in [0.15, 0.2) is 0 Å². The van der Waals surface area contributed by atoms with Gasteiger partial charge in [0.2, 0.25) is 0 Å². The molecule has 0 unspecified atom stereocenters. The summed E-state index contributed by atoms with van der Waals surface area (Å²) in [5, 5.41) is 9.86. The maximum Gasteiger partial charge on any atom is 0.103 e. The van der Waals surface area contributed by atoms with Gasteiger partial charge in [0.25, 0.3) is 0 Å². The van der Waals surface area contributed by atoms with Crippen LogP contribution in [0.25, 0.3) is 0 Å². The molecule has 0 saturated heterocycles. The van der Waals surface area contributed by atoms with Gasteiger partial charge in [-0.2, -0.15) is 5.26 Å². The minimum atomic E-state index is 0.576. The smallest absolute Gasteiger partial charge is 0.103 e. The molecule has 0 radical (unpaired) electrons. The van der Waals surface area contributed by atoms with E-state index < -0.39 is 0 Å². The molecule has 0 N–H and O–H groups in total. The van der Waals surface area contributed by atoms with Crippen LogP contribution >= 0.6 is 11.6 Å². The lowest BCUT2D eigenvalue weighted by atomic mass is 10.1. The minimum absolute atomic E-state index is 0.576. The molecule has 3 heteroatoms. The van der Waals surface area contributed by atoms with Gasteiger partial charge in [0, 0.05) is 13.1 Å². The third kappa shape index (κ3) is 2.62. The highest BCUT2D eigenvalue weighted by atomic mass is 35.5. The van der Waals surface area contributed by atoms with Crippen LogP contribution in [0.5, 0.6) is 0 Å². The molecule has 0 aromatic heterocycles. The van der Waals surface area contributed by atoms with Gasteiger partial charge >= 0.3 is 0 Å². The van der Waals surface area contributed by atoms with E-state index >= 15 is 0 Å². The molecule has 0 amide bonds. The Balaban J connectivity index is 1.87. The van der Waals surface area contributed by atoms with E-state index in [9.17, 15) is 5.26 Å². The zero-order valence-electron chi connectivity index (χ0n) is 10.4. The standard InChI is InChI=1S/C15H17ClN2/c16-14-2-1-3-15(13(14)8-17)18(9-11-4-5-11)10-12-6-7-12/h1-3,11-12H,4-7,9-10H2. The molecule has 3 rings (SSSR count). The Hall–Kier alpha value is -1.20. The Labute approximate surface area is 113 Å². The third-order valence-corrected chi connectivity index (χ3v) is 4.11. The summed E-state index contributed by atoms with van der Waals surface area (Å²) in [6.45, 7) is 2.18. The fourth-order valence-electron chi connectivity index (χ4n) is 2.38. The molecule has 0 heterocycles. The van der Waals surface area contributed by atoms with Crippen LogP contribution in [-0.4, -0.2) is 13.1 Å². The summed E-state index contributed by atoms with van der Waals surface area (Å²) in [7, 11) is 0. The largest absolute Gasteiger partial charge is 0.370 e. The maximum atomic E-state index is 9.29. The van der Waals surface area contributed by atoms with Crippen LogP contribution in [0, 0.1) is 23.2 Å². The average molecular weight is 261 g/mol. The van der Waals surface area contributed by atoms with Crippen LogP contribution in [0.15, 0.2) is 18.2 Å². The molecule has 2 aliphatic carbocycles. The van der Waals surface area contributed by atoms with E-state index in [1.54, 1.807) is 6.07 Å². The number of halogens is 1. The lowest BCUT2D eigenvalue weighted by molar-refractivity contribution is 0.679. The predicted octanol–water partition coefficient (Wildman–Crippen LogP) is 3.84. The molecule has 0 spiro atoms. The monoisotopic (exact) mass is 260 g/mol.